The summed E-state index contributed by atoms with van der Waals surface area (Å²) in [5.74, 6) is -0.626. The molecule has 0 saturated heterocycles. The quantitative estimate of drug-likeness (QED) is 0.591. The van der Waals surface area contributed by atoms with Crippen molar-refractivity contribution in [2.75, 3.05) is 0 Å². The maximum atomic E-state index is 12.1. The van der Waals surface area contributed by atoms with E-state index in [-0.39, 0.29) is 24.2 Å². The molecule has 2 aromatic rings. The summed E-state index contributed by atoms with van der Waals surface area (Å²) in [7, 11) is 0. The Bertz CT molecular complexity index is 791. The number of aromatic nitrogens is 2. The molecule has 3 rings (SSSR count). The first kappa shape index (κ1) is 18.0. The van der Waals surface area contributed by atoms with Crippen LogP contribution in [0.2, 0.25) is 0 Å². The van der Waals surface area contributed by atoms with E-state index in [0.29, 0.717) is 12.1 Å². The van der Waals surface area contributed by atoms with Crippen LogP contribution in [0.4, 0.5) is 19.0 Å². The number of halogens is 3. The Kier molecular flexibility index (Phi) is 4.72. The van der Waals surface area contributed by atoms with E-state index in [4.69, 9.17) is 9.47 Å². The number of ether oxygens (including phenoxy) is 3. The lowest BCUT2D eigenvalue weighted by Gasteiger charge is -2.28. The molecule has 2 atom stereocenters. The van der Waals surface area contributed by atoms with Crippen LogP contribution in [0, 0.1) is 10.1 Å². The van der Waals surface area contributed by atoms with Crippen molar-refractivity contribution in [3.8, 4) is 11.8 Å². The Labute approximate surface area is 145 Å². The van der Waals surface area contributed by atoms with Gasteiger partial charge in [0, 0.05) is 4.98 Å². The molecule has 0 saturated carbocycles. The van der Waals surface area contributed by atoms with E-state index in [2.05, 4.69) is 9.72 Å². The zero-order valence-electron chi connectivity index (χ0n) is 13.5. The molecule has 1 aromatic heterocycles. The summed E-state index contributed by atoms with van der Waals surface area (Å²) in [5, 5.41) is 10.8. The highest BCUT2D eigenvalue weighted by molar-refractivity contribution is 5.27. The van der Waals surface area contributed by atoms with Gasteiger partial charge in [-0.05, 0) is 29.5 Å². The summed E-state index contributed by atoms with van der Waals surface area (Å²) < 4.78 is 53.0. The average molecular weight is 373 g/mol. The van der Waals surface area contributed by atoms with Crippen molar-refractivity contribution in [3.63, 3.8) is 0 Å². The fourth-order valence-electron chi connectivity index (χ4n) is 2.46. The van der Waals surface area contributed by atoms with Crippen LogP contribution < -0.4 is 9.47 Å². The summed E-state index contributed by atoms with van der Waals surface area (Å²) in [5.41, 5.74) is 0.647. The van der Waals surface area contributed by atoms with Gasteiger partial charge >= 0.3 is 18.2 Å². The minimum absolute atomic E-state index is 0.136. The van der Waals surface area contributed by atoms with Gasteiger partial charge in [0.15, 0.2) is 0 Å². The summed E-state index contributed by atoms with van der Waals surface area (Å²) in [6.45, 7) is 2.19. The van der Waals surface area contributed by atoms with Crippen LogP contribution in [0.25, 0.3) is 0 Å². The molecule has 0 bridgehead atoms. The molecule has 0 radical (unpaired) electrons. The second kappa shape index (κ2) is 6.83. The molecule has 0 amide bonds. The van der Waals surface area contributed by atoms with Gasteiger partial charge in [-0.1, -0.05) is 12.1 Å². The van der Waals surface area contributed by atoms with E-state index in [9.17, 15) is 23.3 Å². The fourth-order valence-corrected chi connectivity index (χ4v) is 2.46. The largest absolute Gasteiger partial charge is 0.573 e. The number of rotatable bonds is 5. The van der Waals surface area contributed by atoms with E-state index in [1.165, 1.54) is 35.0 Å². The van der Waals surface area contributed by atoms with Crippen LogP contribution in [0.5, 0.6) is 11.8 Å². The van der Waals surface area contributed by atoms with E-state index >= 15 is 0 Å². The summed E-state index contributed by atoms with van der Waals surface area (Å²) in [6.07, 6.45) is -4.27. The Balaban J connectivity index is 1.60. The molecule has 2 heterocycles. The minimum Gasteiger partial charge on any atom is -0.440 e. The molecule has 0 fully saturated rings. The number of benzene rings is 1. The molecular formula is C15H14F3N3O5. The standard InChI is InChI=1S/C15H14F3N3O5/c1-9-12(6-20-7-13(21(22)23)19-14(20)25-9)24-8-10-2-4-11(5-3-10)26-15(16,17)18/h2-5,7,9,12H,6,8H2,1H3/t9-,12-/m0/s1. The number of hydrogen-bond acceptors (Lipinski definition) is 6. The molecule has 1 aliphatic rings. The van der Waals surface area contributed by atoms with Crippen LogP contribution >= 0.6 is 0 Å². The molecular weight excluding hydrogens is 359 g/mol. The highest BCUT2D eigenvalue weighted by atomic mass is 19.4. The highest BCUT2D eigenvalue weighted by Crippen LogP contribution is 2.27. The highest BCUT2D eigenvalue weighted by Gasteiger charge is 2.33. The van der Waals surface area contributed by atoms with Crippen LogP contribution in [-0.4, -0.2) is 33.0 Å². The van der Waals surface area contributed by atoms with E-state index in [1.54, 1.807) is 6.92 Å². The predicted molar refractivity (Wildman–Crippen MR) is 80.7 cm³/mol. The first-order chi connectivity index (χ1) is 12.2. The zero-order chi connectivity index (χ0) is 18.9. The predicted octanol–water partition coefficient (Wildman–Crippen LogP) is 3.06. The molecule has 1 aromatic carbocycles. The van der Waals surface area contributed by atoms with Crippen LogP contribution in [0.1, 0.15) is 12.5 Å². The van der Waals surface area contributed by atoms with Crippen LogP contribution in [0.3, 0.4) is 0 Å². The van der Waals surface area contributed by atoms with Crippen LogP contribution in [-0.2, 0) is 17.9 Å². The molecule has 0 aliphatic carbocycles. The number of alkyl halides is 3. The molecule has 0 N–H and O–H groups in total. The van der Waals surface area contributed by atoms with Gasteiger partial charge in [0.1, 0.15) is 24.2 Å². The molecule has 0 spiro atoms. The van der Waals surface area contributed by atoms with Gasteiger partial charge < -0.3 is 24.3 Å². The fraction of sp³-hybridized carbons (Fsp3) is 0.400. The molecule has 140 valence electrons. The lowest BCUT2D eigenvalue weighted by Crippen LogP contribution is -2.39. The number of imidazole rings is 1. The van der Waals surface area contributed by atoms with Gasteiger partial charge in [0.05, 0.1) is 13.2 Å². The second-order valence-corrected chi connectivity index (χ2v) is 5.66. The maximum absolute atomic E-state index is 12.1. The second-order valence-electron chi connectivity index (χ2n) is 5.66. The lowest BCUT2D eigenvalue weighted by molar-refractivity contribution is -0.389. The summed E-state index contributed by atoms with van der Waals surface area (Å²) >= 11 is 0. The van der Waals surface area contributed by atoms with Gasteiger partial charge in [-0.3, -0.25) is 4.57 Å². The average Bonchev–Trinajstić information content (AvgIpc) is 2.95. The third kappa shape index (κ3) is 4.23. The Morgan fingerprint density at radius 2 is 2.08 bits per heavy atom. The Morgan fingerprint density at radius 3 is 2.69 bits per heavy atom. The zero-order valence-corrected chi connectivity index (χ0v) is 13.5. The molecule has 8 nitrogen and oxygen atoms in total. The minimum atomic E-state index is -4.74. The van der Waals surface area contributed by atoms with E-state index < -0.39 is 23.5 Å². The van der Waals surface area contributed by atoms with Crippen molar-refractivity contribution >= 4 is 5.82 Å². The third-order valence-corrected chi connectivity index (χ3v) is 3.73. The molecule has 26 heavy (non-hydrogen) atoms. The SMILES string of the molecule is C[C@@H]1Oc2nc([N+](=O)[O-])cn2C[C@@H]1OCc1ccc(OC(F)(F)F)cc1. The van der Waals surface area contributed by atoms with Crippen molar-refractivity contribution in [3.05, 3.63) is 46.1 Å². The number of hydrogen-bond donors (Lipinski definition) is 0. The number of nitro groups is 1. The summed E-state index contributed by atoms with van der Waals surface area (Å²) in [6, 6.07) is 5.47. The van der Waals surface area contributed by atoms with Gasteiger partial charge in [-0.2, -0.15) is 0 Å². The first-order valence-corrected chi connectivity index (χ1v) is 7.56. The summed E-state index contributed by atoms with van der Waals surface area (Å²) in [4.78, 5) is 13.9. The van der Waals surface area contributed by atoms with E-state index in [0.717, 1.165) is 0 Å². The topological polar surface area (TPSA) is 88.7 Å². The number of fused-ring (bicyclic) bond motifs is 1. The normalized spacial score (nSPS) is 19.5. The van der Waals surface area contributed by atoms with Gasteiger partial charge in [-0.15, -0.1) is 13.2 Å². The maximum Gasteiger partial charge on any atom is 0.573 e. The van der Waals surface area contributed by atoms with Gasteiger partial charge in [0.2, 0.25) is 0 Å². The molecule has 1 aliphatic heterocycles. The van der Waals surface area contributed by atoms with Crippen molar-refractivity contribution in [1.82, 2.24) is 9.55 Å². The third-order valence-electron chi connectivity index (χ3n) is 3.73. The lowest BCUT2D eigenvalue weighted by atomic mass is 10.2. The first-order valence-electron chi connectivity index (χ1n) is 7.56. The van der Waals surface area contributed by atoms with Gasteiger partial charge in [0.25, 0.3) is 0 Å². The van der Waals surface area contributed by atoms with Gasteiger partial charge in [-0.25, -0.2) is 0 Å². The Hall–Kier alpha value is -2.82. The van der Waals surface area contributed by atoms with Crippen LogP contribution in [0.15, 0.2) is 30.5 Å². The molecule has 11 heteroatoms. The number of nitrogens with zero attached hydrogens (tertiary/aromatic N) is 3. The van der Waals surface area contributed by atoms with E-state index in [1.807, 2.05) is 0 Å². The van der Waals surface area contributed by atoms with Crippen molar-refractivity contribution < 1.29 is 32.3 Å². The van der Waals surface area contributed by atoms with Crippen molar-refractivity contribution in [2.45, 2.75) is 38.6 Å². The van der Waals surface area contributed by atoms with Crippen molar-refractivity contribution in [1.29, 1.82) is 0 Å². The smallest absolute Gasteiger partial charge is 0.440 e. The Morgan fingerprint density at radius 1 is 1.38 bits per heavy atom. The monoisotopic (exact) mass is 373 g/mol. The molecule has 0 unspecified atom stereocenters. The van der Waals surface area contributed by atoms with Crippen molar-refractivity contribution in [2.24, 2.45) is 0 Å².